The second-order valence-corrected chi connectivity index (χ2v) is 6.30. The Kier molecular flexibility index (Phi) is 4.41. The van der Waals surface area contributed by atoms with E-state index in [1.807, 2.05) is 20.8 Å². The molecule has 0 bridgehead atoms. The van der Waals surface area contributed by atoms with Gasteiger partial charge in [-0.25, -0.2) is 4.79 Å². The molecule has 116 valence electrons. The number of ether oxygens (including phenoxy) is 1. The summed E-state index contributed by atoms with van der Waals surface area (Å²) < 4.78 is 5.25. The molecule has 0 unspecified atom stereocenters. The van der Waals surface area contributed by atoms with Crippen molar-refractivity contribution in [3.63, 3.8) is 0 Å². The topological polar surface area (TPSA) is 58.6 Å². The average molecular weight is 300 g/mol. The summed E-state index contributed by atoms with van der Waals surface area (Å²) in [5.41, 5.74) is 0.845. The lowest BCUT2D eigenvalue weighted by Gasteiger charge is -2.38. The number of hydrogen-bond donors (Lipinski definition) is 1. The average Bonchev–Trinajstić information content (AvgIpc) is 2.34. The van der Waals surface area contributed by atoms with Gasteiger partial charge in [0.25, 0.3) is 0 Å². The van der Waals surface area contributed by atoms with Crippen molar-refractivity contribution in [2.45, 2.75) is 26.4 Å². The lowest BCUT2D eigenvalue weighted by Crippen LogP contribution is -2.55. The van der Waals surface area contributed by atoms with Gasteiger partial charge in [-0.1, -0.05) is 12.0 Å². The van der Waals surface area contributed by atoms with Crippen molar-refractivity contribution >= 4 is 17.7 Å². The Balaban J connectivity index is 1.84. The fourth-order valence-electron chi connectivity index (χ4n) is 2.05. The predicted molar refractivity (Wildman–Crippen MR) is 84.3 cm³/mol. The van der Waals surface area contributed by atoms with E-state index in [-0.39, 0.29) is 17.9 Å². The highest BCUT2D eigenvalue weighted by Gasteiger charge is 2.37. The number of amides is 2. The van der Waals surface area contributed by atoms with E-state index in [1.54, 1.807) is 24.3 Å². The van der Waals surface area contributed by atoms with E-state index < -0.39 is 5.60 Å². The van der Waals surface area contributed by atoms with E-state index in [9.17, 15) is 9.59 Å². The first kappa shape index (κ1) is 15.9. The van der Waals surface area contributed by atoms with Crippen molar-refractivity contribution in [2.75, 3.05) is 18.4 Å². The molecular weight excluding hydrogens is 280 g/mol. The van der Waals surface area contributed by atoms with Gasteiger partial charge < -0.3 is 15.0 Å². The molecule has 0 atom stereocenters. The molecule has 1 fully saturated rings. The van der Waals surface area contributed by atoms with Gasteiger partial charge in [0.15, 0.2) is 0 Å². The molecule has 0 aromatic heterocycles. The number of likely N-dealkylation sites (tertiary alicyclic amines) is 1. The summed E-state index contributed by atoms with van der Waals surface area (Å²) in [6, 6.07) is 7.10. The molecule has 0 aliphatic carbocycles. The highest BCUT2D eigenvalue weighted by atomic mass is 16.6. The van der Waals surface area contributed by atoms with Gasteiger partial charge in [0.05, 0.1) is 5.92 Å². The molecule has 5 heteroatoms. The van der Waals surface area contributed by atoms with Gasteiger partial charge in [-0.3, -0.25) is 4.79 Å². The fraction of sp³-hybridized carbons (Fsp3) is 0.412. The number of anilines is 1. The summed E-state index contributed by atoms with van der Waals surface area (Å²) in [5, 5.41) is 2.81. The molecule has 1 N–H and O–H groups in total. The van der Waals surface area contributed by atoms with Crippen molar-refractivity contribution < 1.29 is 14.3 Å². The van der Waals surface area contributed by atoms with E-state index in [0.717, 1.165) is 0 Å². The quantitative estimate of drug-likeness (QED) is 0.854. The maximum atomic E-state index is 12.1. The SMILES string of the molecule is C#Cc1cccc(NC(=O)C2CN(C(=O)OC(C)(C)C)C2)c1. The van der Waals surface area contributed by atoms with Crippen molar-refractivity contribution in [3.8, 4) is 12.3 Å². The highest BCUT2D eigenvalue weighted by Crippen LogP contribution is 2.21. The maximum Gasteiger partial charge on any atom is 0.410 e. The number of hydrogen-bond acceptors (Lipinski definition) is 3. The van der Waals surface area contributed by atoms with Gasteiger partial charge in [-0.05, 0) is 39.0 Å². The molecule has 1 aromatic rings. The largest absolute Gasteiger partial charge is 0.444 e. The summed E-state index contributed by atoms with van der Waals surface area (Å²) in [6.45, 7) is 6.18. The monoisotopic (exact) mass is 300 g/mol. The number of nitrogens with zero attached hydrogens (tertiary/aromatic N) is 1. The molecule has 22 heavy (non-hydrogen) atoms. The molecule has 1 saturated heterocycles. The van der Waals surface area contributed by atoms with Crippen molar-refractivity contribution in [1.82, 2.24) is 4.90 Å². The Hall–Kier alpha value is -2.48. The van der Waals surface area contributed by atoms with Crippen molar-refractivity contribution in [1.29, 1.82) is 0 Å². The molecule has 1 aliphatic heterocycles. The second-order valence-electron chi connectivity index (χ2n) is 6.30. The highest BCUT2D eigenvalue weighted by molar-refractivity contribution is 5.94. The van der Waals surface area contributed by atoms with Crippen LogP contribution in [-0.2, 0) is 9.53 Å². The normalized spacial score (nSPS) is 14.7. The minimum absolute atomic E-state index is 0.117. The lowest BCUT2D eigenvalue weighted by molar-refractivity contribution is -0.124. The number of nitrogens with one attached hydrogen (secondary N) is 1. The minimum Gasteiger partial charge on any atom is -0.444 e. The third-order valence-electron chi connectivity index (χ3n) is 3.20. The molecule has 1 heterocycles. The first-order chi connectivity index (χ1) is 10.3. The Bertz CT molecular complexity index is 620. The lowest BCUT2D eigenvalue weighted by atomic mass is 9.99. The summed E-state index contributed by atoms with van der Waals surface area (Å²) in [7, 11) is 0. The summed E-state index contributed by atoms with van der Waals surface area (Å²) in [5.74, 6) is 2.18. The van der Waals surface area contributed by atoms with E-state index in [2.05, 4.69) is 11.2 Å². The van der Waals surface area contributed by atoms with E-state index in [0.29, 0.717) is 24.3 Å². The van der Waals surface area contributed by atoms with Crippen LogP contribution in [0.2, 0.25) is 0 Å². The number of rotatable bonds is 2. The van der Waals surface area contributed by atoms with Crippen LogP contribution in [0, 0.1) is 18.3 Å². The Morgan fingerprint density at radius 2 is 2.05 bits per heavy atom. The molecule has 0 radical (unpaired) electrons. The molecule has 0 saturated carbocycles. The molecule has 2 amide bonds. The zero-order valence-corrected chi connectivity index (χ0v) is 13.1. The van der Waals surface area contributed by atoms with Gasteiger partial charge in [0, 0.05) is 24.3 Å². The van der Waals surface area contributed by atoms with Gasteiger partial charge in [-0.15, -0.1) is 6.42 Å². The van der Waals surface area contributed by atoms with Crippen LogP contribution in [0.25, 0.3) is 0 Å². The zero-order valence-electron chi connectivity index (χ0n) is 13.1. The first-order valence-electron chi connectivity index (χ1n) is 7.14. The maximum absolute atomic E-state index is 12.1. The molecular formula is C17H20N2O3. The summed E-state index contributed by atoms with van der Waals surface area (Å²) in [6.07, 6.45) is 4.94. The first-order valence-corrected chi connectivity index (χ1v) is 7.14. The number of carbonyl (C=O) groups is 2. The van der Waals surface area contributed by atoms with Crippen LogP contribution in [0.15, 0.2) is 24.3 Å². The molecule has 1 aromatic carbocycles. The standard InChI is InChI=1S/C17H20N2O3/c1-5-12-7-6-8-14(9-12)18-15(20)13-10-19(11-13)16(21)22-17(2,3)4/h1,6-9,13H,10-11H2,2-4H3,(H,18,20). The van der Waals surface area contributed by atoms with Crippen LogP contribution < -0.4 is 5.32 Å². The zero-order chi connectivity index (χ0) is 16.3. The summed E-state index contributed by atoms with van der Waals surface area (Å²) >= 11 is 0. The summed E-state index contributed by atoms with van der Waals surface area (Å²) in [4.78, 5) is 25.4. The van der Waals surface area contributed by atoms with E-state index in [4.69, 9.17) is 11.2 Å². The third kappa shape index (κ3) is 4.01. The van der Waals surface area contributed by atoms with Gasteiger partial charge in [0.2, 0.25) is 5.91 Å². The number of carbonyl (C=O) groups excluding carboxylic acids is 2. The molecule has 0 spiro atoms. The molecule has 5 nitrogen and oxygen atoms in total. The fourth-order valence-corrected chi connectivity index (χ4v) is 2.05. The van der Waals surface area contributed by atoms with Gasteiger partial charge in [0.1, 0.15) is 5.60 Å². The Labute approximate surface area is 130 Å². The Morgan fingerprint density at radius 3 is 2.64 bits per heavy atom. The van der Waals surface area contributed by atoms with Crippen molar-refractivity contribution in [3.05, 3.63) is 29.8 Å². The van der Waals surface area contributed by atoms with Crippen LogP contribution >= 0.6 is 0 Å². The van der Waals surface area contributed by atoms with E-state index >= 15 is 0 Å². The van der Waals surface area contributed by atoms with Crippen molar-refractivity contribution in [2.24, 2.45) is 5.92 Å². The second kappa shape index (κ2) is 6.10. The van der Waals surface area contributed by atoms with Crippen LogP contribution in [-0.4, -0.2) is 35.6 Å². The van der Waals surface area contributed by atoms with Crippen LogP contribution in [0.4, 0.5) is 10.5 Å². The van der Waals surface area contributed by atoms with Crippen LogP contribution in [0.1, 0.15) is 26.3 Å². The van der Waals surface area contributed by atoms with E-state index in [1.165, 1.54) is 4.90 Å². The smallest absolute Gasteiger partial charge is 0.410 e. The van der Waals surface area contributed by atoms with Gasteiger partial charge in [-0.2, -0.15) is 0 Å². The minimum atomic E-state index is -0.528. The number of benzene rings is 1. The third-order valence-corrected chi connectivity index (χ3v) is 3.20. The van der Waals surface area contributed by atoms with Gasteiger partial charge >= 0.3 is 6.09 Å². The van der Waals surface area contributed by atoms with Crippen LogP contribution in [0.3, 0.4) is 0 Å². The number of terminal acetylenes is 1. The van der Waals surface area contributed by atoms with Crippen LogP contribution in [0.5, 0.6) is 0 Å². The molecule has 1 aliphatic rings. The Morgan fingerprint density at radius 1 is 1.36 bits per heavy atom. The predicted octanol–water partition coefficient (Wildman–Crippen LogP) is 2.47. The molecule has 2 rings (SSSR count).